The van der Waals surface area contributed by atoms with Crippen molar-refractivity contribution < 1.29 is 13.2 Å². The predicted molar refractivity (Wildman–Crippen MR) is 83.1 cm³/mol. The summed E-state index contributed by atoms with van der Waals surface area (Å²) in [7, 11) is -3.75. The maximum atomic E-state index is 12.6. The molecule has 1 aliphatic rings. The molecule has 0 atom stereocenters. The van der Waals surface area contributed by atoms with Crippen LogP contribution in [0.25, 0.3) is 0 Å². The van der Waals surface area contributed by atoms with Gasteiger partial charge in [0.1, 0.15) is 4.90 Å². The molecular formula is C13H18Cl2N2O3S. The van der Waals surface area contributed by atoms with E-state index in [0.29, 0.717) is 36.6 Å². The van der Waals surface area contributed by atoms with Gasteiger partial charge in [-0.05, 0) is 37.5 Å². The van der Waals surface area contributed by atoms with Crippen LogP contribution >= 0.6 is 23.2 Å². The molecule has 1 aromatic carbocycles. The third kappa shape index (κ3) is 3.88. The Hall–Kier alpha value is -0.370. The molecule has 1 aromatic rings. The number of ether oxygens (including phenoxy) is 1. The number of hydrogen-bond donors (Lipinski definition) is 2. The van der Waals surface area contributed by atoms with Gasteiger partial charge in [0.2, 0.25) is 10.0 Å². The first kappa shape index (κ1) is 17.0. The van der Waals surface area contributed by atoms with Gasteiger partial charge in [0.15, 0.2) is 0 Å². The number of sulfonamides is 1. The average molecular weight is 353 g/mol. The molecule has 0 saturated carbocycles. The summed E-state index contributed by atoms with van der Waals surface area (Å²) in [4.78, 5) is 0.00161. The molecule has 1 saturated heterocycles. The molecule has 0 amide bonds. The van der Waals surface area contributed by atoms with Crippen LogP contribution < -0.4 is 10.5 Å². The van der Waals surface area contributed by atoms with E-state index < -0.39 is 15.6 Å². The Kier molecular flexibility index (Phi) is 5.18. The second-order valence-electron chi connectivity index (χ2n) is 5.36. The largest absolute Gasteiger partial charge is 0.381 e. The monoisotopic (exact) mass is 352 g/mol. The van der Waals surface area contributed by atoms with Gasteiger partial charge in [-0.25, -0.2) is 13.1 Å². The van der Waals surface area contributed by atoms with E-state index in [1.165, 1.54) is 12.1 Å². The van der Waals surface area contributed by atoms with E-state index in [1.54, 1.807) is 0 Å². The molecule has 1 heterocycles. The third-order valence-electron chi connectivity index (χ3n) is 3.59. The molecule has 118 valence electrons. The van der Waals surface area contributed by atoms with Gasteiger partial charge in [-0.1, -0.05) is 23.2 Å². The van der Waals surface area contributed by atoms with Crippen LogP contribution in [0.5, 0.6) is 0 Å². The number of hydrogen-bond acceptors (Lipinski definition) is 4. The van der Waals surface area contributed by atoms with Crippen LogP contribution in [0.3, 0.4) is 0 Å². The van der Waals surface area contributed by atoms with Crippen LogP contribution in [0.2, 0.25) is 10.0 Å². The van der Waals surface area contributed by atoms with E-state index in [2.05, 4.69) is 4.72 Å². The maximum absolute atomic E-state index is 12.6. The fraction of sp³-hybridized carbons (Fsp3) is 0.538. The van der Waals surface area contributed by atoms with Gasteiger partial charge in [-0.15, -0.1) is 0 Å². The smallest absolute Gasteiger partial charge is 0.242 e. The van der Waals surface area contributed by atoms with E-state index in [1.807, 2.05) is 6.92 Å². The van der Waals surface area contributed by atoms with Gasteiger partial charge in [0.05, 0.1) is 5.02 Å². The molecular weight excluding hydrogens is 335 g/mol. The number of benzene rings is 1. The number of halogens is 2. The molecule has 2 rings (SSSR count). The highest BCUT2D eigenvalue weighted by atomic mass is 35.5. The minimum Gasteiger partial charge on any atom is -0.381 e. The van der Waals surface area contributed by atoms with Crippen LogP contribution in [-0.4, -0.2) is 27.2 Å². The third-order valence-corrected chi connectivity index (χ3v) is 6.04. The van der Waals surface area contributed by atoms with E-state index in [4.69, 9.17) is 33.7 Å². The molecule has 0 aromatic heterocycles. The summed E-state index contributed by atoms with van der Waals surface area (Å²) >= 11 is 12.0. The maximum Gasteiger partial charge on any atom is 0.242 e. The van der Waals surface area contributed by atoms with Crippen molar-refractivity contribution in [2.24, 2.45) is 5.73 Å². The molecule has 3 N–H and O–H groups in total. The van der Waals surface area contributed by atoms with Crippen LogP contribution in [0.4, 0.5) is 0 Å². The topological polar surface area (TPSA) is 81.4 Å². The molecule has 1 aliphatic heterocycles. The Morgan fingerprint density at radius 2 is 1.90 bits per heavy atom. The van der Waals surface area contributed by atoms with Gasteiger partial charge in [0.25, 0.3) is 0 Å². The van der Waals surface area contributed by atoms with Gasteiger partial charge < -0.3 is 10.5 Å². The standard InChI is InChI=1S/C13H18Cl2N2O3S/c1-13(2-4-20-5-3-13)17-21(18,19)12-6-9(8-16)10(14)7-11(12)15/h6-7,17H,2-5,8,16H2,1H3. The zero-order valence-corrected chi connectivity index (χ0v) is 14.0. The Labute approximate surface area is 134 Å². The minimum absolute atomic E-state index is 0.00161. The quantitative estimate of drug-likeness (QED) is 0.870. The minimum atomic E-state index is -3.75. The first-order chi connectivity index (χ1) is 9.77. The highest BCUT2D eigenvalue weighted by molar-refractivity contribution is 7.89. The van der Waals surface area contributed by atoms with Crippen molar-refractivity contribution in [1.82, 2.24) is 4.72 Å². The Morgan fingerprint density at radius 1 is 1.29 bits per heavy atom. The Balaban J connectivity index is 2.35. The summed E-state index contributed by atoms with van der Waals surface area (Å²) in [6.45, 7) is 3.06. The normalized spacial score (nSPS) is 18.7. The van der Waals surface area contributed by atoms with Crippen molar-refractivity contribution in [2.45, 2.75) is 36.7 Å². The lowest BCUT2D eigenvalue weighted by Crippen LogP contribution is -2.49. The van der Waals surface area contributed by atoms with E-state index >= 15 is 0 Å². The summed E-state index contributed by atoms with van der Waals surface area (Å²) in [6, 6.07) is 2.84. The zero-order valence-electron chi connectivity index (χ0n) is 11.7. The van der Waals surface area contributed by atoms with E-state index in [0.717, 1.165) is 0 Å². The lowest BCUT2D eigenvalue weighted by molar-refractivity contribution is 0.0537. The molecule has 1 fully saturated rings. The van der Waals surface area contributed by atoms with Crippen molar-refractivity contribution in [2.75, 3.05) is 13.2 Å². The molecule has 21 heavy (non-hydrogen) atoms. The second kappa shape index (κ2) is 6.40. The zero-order chi connectivity index (χ0) is 15.7. The van der Waals surface area contributed by atoms with Crippen LogP contribution in [0, 0.1) is 0 Å². The first-order valence-corrected chi connectivity index (χ1v) is 8.81. The van der Waals surface area contributed by atoms with Crippen molar-refractivity contribution in [3.8, 4) is 0 Å². The van der Waals surface area contributed by atoms with Gasteiger partial charge in [-0.3, -0.25) is 0 Å². The molecule has 0 unspecified atom stereocenters. The summed E-state index contributed by atoms with van der Waals surface area (Å²) in [5.41, 5.74) is 5.57. The summed E-state index contributed by atoms with van der Waals surface area (Å²) in [6.07, 6.45) is 1.22. The molecule has 0 spiro atoms. The predicted octanol–water partition coefficient (Wildman–Crippen LogP) is 2.30. The van der Waals surface area contributed by atoms with E-state index in [-0.39, 0.29) is 16.5 Å². The molecule has 8 heteroatoms. The van der Waals surface area contributed by atoms with Crippen LogP contribution in [0.1, 0.15) is 25.3 Å². The van der Waals surface area contributed by atoms with Crippen molar-refractivity contribution in [3.05, 3.63) is 27.7 Å². The van der Waals surface area contributed by atoms with Crippen LogP contribution in [0.15, 0.2) is 17.0 Å². The lowest BCUT2D eigenvalue weighted by Gasteiger charge is -2.34. The molecule has 0 aliphatic carbocycles. The Bertz CT molecular complexity index is 629. The lowest BCUT2D eigenvalue weighted by atomic mass is 9.94. The number of nitrogens with one attached hydrogen (secondary N) is 1. The number of rotatable bonds is 4. The second-order valence-corrected chi connectivity index (χ2v) is 7.82. The van der Waals surface area contributed by atoms with Crippen molar-refractivity contribution in [1.29, 1.82) is 0 Å². The van der Waals surface area contributed by atoms with E-state index in [9.17, 15) is 8.42 Å². The van der Waals surface area contributed by atoms with Crippen molar-refractivity contribution >= 4 is 33.2 Å². The van der Waals surface area contributed by atoms with Crippen molar-refractivity contribution in [3.63, 3.8) is 0 Å². The van der Waals surface area contributed by atoms with Crippen LogP contribution in [-0.2, 0) is 21.3 Å². The SMILES string of the molecule is CC1(NS(=O)(=O)c2cc(CN)c(Cl)cc2Cl)CCOCC1. The highest BCUT2D eigenvalue weighted by Crippen LogP contribution is 2.30. The highest BCUT2D eigenvalue weighted by Gasteiger charge is 2.33. The Morgan fingerprint density at radius 3 is 2.48 bits per heavy atom. The summed E-state index contributed by atoms with van der Waals surface area (Å²) < 4.78 is 33.2. The summed E-state index contributed by atoms with van der Waals surface area (Å²) in [5.74, 6) is 0. The van der Waals surface area contributed by atoms with Gasteiger partial charge in [0, 0.05) is 30.3 Å². The molecule has 0 radical (unpaired) electrons. The molecule has 0 bridgehead atoms. The fourth-order valence-electron chi connectivity index (χ4n) is 2.24. The summed E-state index contributed by atoms with van der Waals surface area (Å²) in [5, 5.41) is 0.444. The molecule has 5 nitrogen and oxygen atoms in total. The first-order valence-electron chi connectivity index (χ1n) is 6.57. The van der Waals surface area contributed by atoms with Gasteiger partial charge >= 0.3 is 0 Å². The number of nitrogens with two attached hydrogens (primary N) is 1. The fourth-order valence-corrected chi connectivity index (χ4v) is 4.58. The van der Waals surface area contributed by atoms with Gasteiger partial charge in [-0.2, -0.15) is 0 Å². The average Bonchev–Trinajstić information content (AvgIpc) is 2.38.